The van der Waals surface area contributed by atoms with Gasteiger partial charge in [0.2, 0.25) is 0 Å². The van der Waals surface area contributed by atoms with Gasteiger partial charge in [0.1, 0.15) is 0 Å². The summed E-state index contributed by atoms with van der Waals surface area (Å²) in [6.45, 7) is 2.41. The van der Waals surface area contributed by atoms with E-state index in [1.54, 1.807) is 16.8 Å². The molecular weight excluding hydrogens is 314 g/mol. The number of carbonyl (C=O) groups is 1. The molecule has 0 saturated heterocycles. The van der Waals surface area contributed by atoms with E-state index in [1.807, 2.05) is 19.1 Å². The smallest absolute Gasteiger partial charge is 0.274 e. The Morgan fingerprint density at radius 1 is 1.52 bits per heavy atom. The van der Waals surface area contributed by atoms with Gasteiger partial charge in [-0.1, -0.05) is 29.8 Å². The second-order valence-electron chi connectivity index (χ2n) is 5.78. The molecule has 1 aliphatic rings. The van der Waals surface area contributed by atoms with Gasteiger partial charge < -0.3 is 11.1 Å². The first-order chi connectivity index (χ1) is 11.1. The molecule has 0 aliphatic heterocycles. The second kappa shape index (κ2) is 6.68. The summed E-state index contributed by atoms with van der Waals surface area (Å²) in [6.07, 6.45) is 2.88. The summed E-state index contributed by atoms with van der Waals surface area (Å²) in [5.74, 6) is 0.287. The first-order valence-electron chi connectivity index (χ1n) is 7.85. The number of nitrogens with zero attached hydrogens (tertiary/aromatic N) is 3. The normalized spacial score (nSPS) is 15.4. The number of carbonyl (C=O) groups excluding carboxylic acids is 1. The van der Waals surface area contributed by atoms with E-state index in [1.165, 1.54) is 0 Å². The molecule has 1 heterocycles. The third-order valence-electron chi connectivity index (χ3n) is 4.13. The van der Waals surface area contributed by atoms with Gasteiger partial charge in [-0.3, -0.25) is 4.79 Å². The monoisotopic (exact) mass is 333 g/mol. The van der Waals surface area contributed by atoms with Crippen molar-refractivity contribution < 1.29 is 4.79 Å². The van der Waals surface area contributed by atoms with E-state index in [0.717, 1.165) is 24.2 Å². The minimum atomic E-state index is -0.211. The summed E-state index contributed by atoms with van der Waals surface area (Å²) in [5, 5.41) is 11.8. The Balaban J connectivity index is 1.87. The molecule has 1 unspecified atom stereocenters. The van der Waals surface area contributed by atoms with E-state index >= 15 is 0 Å². The van der Waals surface area contributed by atoms with Crippen molar-refractivity contribution in [1.29, 1.82) is 0 Å². The Morgan fingerprint density at radius 3 is 2.91 bits per heavy atom. The summed E-state index contributed by atoms with van der Waals surface area (Å²) in [5.41, 5.74) is 7.66. The van der Waals surface area contributed by atoms with Crippen LogP contribution in [0, 0.1) is 5.92 Å². The summed E-state index contributed by atoms with van der Waals surface area (Å²) in [4.78, 5) is 12.5. The number of halogens is 1. The van der Waals surface area contributed by atoms with Crippen LogP contribution in [0.4, 0.5) is 0 Å². The van der Waals surface area contributed by atoms with Crippen LogP contribution in [0.1, 0.15) is 35.9 Å². The van der Waals surface area contributed by atoms with Gasteiger partial charge in [0.25, 0.3) is 5.91 Å². The third kappa shape index (κ3) is 3.38. The Hall–Kier alpha value is -1.92. The van der Waals surface area contributed by atoms with Gasteiger partial charge in [-0.2, -0.15) is 0 Å². The number of hydrogen-bond donors (Lipinski definition) is 2. The second-order valence-corrected chi connectivity index (χ2v) is 6.22. The molecule has 1 aromatic carbocycles. The summed E-state index contributed by atoms with van der Waals surface area (Å²) in [7, 11) is 0. The lowest BCUT2D eigenvalue weighted by Crippen LogP contribution is -2.42. The molecule has 2 aromatic rings. The molecule has 1 amide bonds. The van der Waals surface area contributed by atoms with Crippen LogP contribution >= 0.6 is 11.6 Å². The number of benzene rings is 1. The zero-order valence-corrected chi connectivity index (χ0v) is 13.8. The predicted octanol–water partition coefficient (Wildman–Crippen LogP) is 1.95. The summed E-state index contributed by atoms with van der Waals surface area (Å²) in [6, 6.07) is 7.33. The van der Waals surface area contributed by atoms with Gasteiger partial charge >= 0.3 is 0 Å². The van der Waals surface area contributed by atoms with Crippen LogP contribution < -0.4 is 11.1 Å². The summed E-state index contributed by atoms with van der Waals surface area (Å²) >= 11 is 6.03. The topological polar surface area (TPSA) is 85.8 Å². The Morgan fingerprint density at radius 2 is 2.30 bits per heavy atom. The number of amides is 1. The Labute approximate surface area is 140 Å². The fourth-order valence-corrected chi connectivity index (χ4v) is 2.90. The number of nitrogens with two attached hydrogens (primary N) is 1. The molecule has 1 aromatic heterocycles. The van der Waals surface area contributed by atoms with E-state index in [4.69, 9.17) is 17.3 Å². The van der Waals surface area contributed by atoms with Crippen molar-refractivity contribution >= 4 is 17.5 Å². The maximum Gasteiger partial charge on any atom is 0.274 e. The van der Waals surface area contributed by atoms with Crippen LogP contribution in [-0.2, 0) is 6.42 Å². The molecule has 1 atom stereocenters. The van der Waals surface area contributed by atoms with Gasteiger partial charge in [-0.25, -0.2) is 4.68 Å². The molecule has 1 fully saturated rings. The van der Waals surface area contributed by atoms with Gasteiger partial charge in [0.15, 0.2) is 5.69 Å². The summed E-state index contributed by atoms with van der Waals surface area (Å²) < 4.78 is 1.66. The highest BCUT2D eigenvalue weighted by molar-refractivity contribution is 6.30. The van der Waals surface area contributed by atoms with E-state index in [9.17, 15) is 4.79 Å². The Bertz CT molecular complexity index is 710. The van der Waals surface area contributed by atoms with Crippen LogP contribution in [0.5, 0.6) is 0 Å². The van der Waals surface area contributed by atoms with Crippen LogP contribution in [0.15, 0.2) is 24.3 Å². The standard InChI is InChI=1S/C16H20ClN5O/c1-2-14-15(16(23)19-13(9-18)10-6-7-10)20-21-22(14)12-5-3-4-11(17)8-12/h3-5,8,10,13H,2,6-7,9,18H2,1H3,(H,19,23). The largest absolute Gasteiger partial charge is 0.346 e. The van der Waals surface area contributed by atoms with Gasteiger partial charge in [-0.15, -0.1) is 5.10 Å². The maximum atomic E-state index is 12.5. The van der Waals surface area contributed by atoms with E-state index < -0.39 is 0 Å². The van der Waals surface area contributed by atoms with Crippen LogP contribution in [0.3, 0.4) is 0 Å². The van der Waals surface area contributed by atoms with E-state index in [-0.39, 0.29) is 11.9 Å². The van der Waals surface area contributed by atoms with Crippen molar-refractivity contribution in [3.05, 3.63) is 40.7 Å². The average molecular weight is 334 g/mol. The number of nitrogens with one attached hydrogen (secondary N) is 1. The first-order valence-corrected chi connectivity index (χ1v) is 8.23. The predicted molar refractivity (Wildman–Crippen MR) is 88.8 cm³/mol. The number of rotatable bonds is 6. The number of aromatic nitrogens is 3. The molecule has 3 N–H and O–H groups in total. The minimum Gasteiger partial charge on any atom is -0.346 e. The maximum absolute atomic E-state index is 12.5. The minimum absolute atomic E-state index is 0.0172. The van der Waals surface area contributed by atoms with Crippen LogP contribution in [0.2, 0.25) is 5.02 Å². The highest BCUT2D eigenvalue weighted by Crippen LogP contribution is 2.32. The molecule has 0 bridgehead atoms. The fourth-order valence-electron chi connectivity index (χ4n) is 2.72. The van der Waals surface area contributed by atoms with Crippen molar-refractivity contribution in [2.24, 2.45) is 11.7 Å². The highest BCUT2D eigenvalue weighted by atomic mass is 35.5. The lowest BCUT2D eigenvalue weighted by Gasteiger charge is -2.15. The molecule has 1 aliphatic carbocycles. The van der Waals surface area contributed by atoms with Crippen molar-refractivity contribution in [1.82, 2.24) is 20.3 Å². The van der Waals surface area contributed by atoms with Crippen LogP contribution in [-0.4, -0.2) is 33.5 Å². The first kappa shape index (κ1) is 16.0. The zero-order chi connectivity index (χ0) is 16.4. The fraction of sp³-hybridized carbons (Fsp3) is 0.438. The molecule has 1 saturated carbocycles. The molecule has 3 rings (SSSR count). The lowest BCUT2D eigenvalue weighted by molar-refractivity contribution is 0.0927. The quantitative estimate of drug-likeness (QED) is 0.846. The van der Waals surface area contributed by atoms with Crippen molar-refractivity contribution in [2.45, 2.75) is 32.2 Å². The van der Waals surface area contributed by atoms with Gasteiger partial charge in [-0.05, 0) is 43.4 Å². The molecule has 122 valence electrons. The van der Waals surface area contributed by atoms with Gasteiger partial charge in [0, 0.05) is 17.6 Å². The van der Waals surface area contributed by atoms with Crippen LogP contribution in [0.25, 0.3) is 5.69 Å². The van der Waals surface area contributed by atoms with Gasteiger partial charge in [0.05, 0.1) is 11.4 Å². The van der Waals surface area contributed by atoms with E-state index in [2.05, 4.69) is 15.6 Å². The number of hydrogen-bond acceptors (Lipinski definition) is 4. The van der Waals surface area contributed by atoms with Crippen molar-refractivity contribution in [2.75, 3.05) is 6.54 Å². The average Bonchev–Trinajstić information content (AvgIpc) is 3.30. The molecule has 7 heteroatoms. The highest BCUT2D eigenvalue weighted by Gasteiger charge is 2.32. The molecule has 6 nitrogen and oxygen atoms in total. The molecule has 0 radical (unpaired) electrons. The van der Waals surface area contributed by atoms with E-state index in [0.29, 0.717) is 29.6 Å². The van der Waals surface area contributed by atoms with Crippen molar-refractivity contribution in [3.63, 3.8) is 0 Å². The third-order valence-corrected chi connectivity index (χ3v) is 4.36. The molecule has 23 heavy (non-hydrogen) atoms. The Kier molecular flexibility index (Phi) is 4.63. The molecular formula is C16H20ClN5O. The SMILES string of the molecule is CCc1c(C(=O)NC(CN)C2CC2)nnn1-c1cccc(Cl)c1. The lowest BCUT2D eigenvalue weighted by atomic mass is 10.1. The molecule has 0 spiro atoms. The van der Waals surface area contributed by atoms with Crippen molar-refractivity contribution in [3.8, 4) is 5.69 Å². The zero-order valence-electron chi connectivity index (χ0n) is 13.0.